The lowest BCUT2D eigenvalue weighted by Gasteiger charge is -2.24. The number of carbonyl (C=O) groups excluding carboxylic acids is 3. The van der Waals surface area contributed by atoms with Gasteiger partial charge in [-0.05, 0) is 35.4 Å². The smallest absolute Gasteiger partial charge is 0.248 e. The van der Waals surface area contributed by atoms with Gasteiger partial charge in [-0.25, -0.2) is 8.78 Å². The van der Waals surface area contributed by atoms with Crippen LogP contribution in [0.1, 0.15) is 27.9 Å². The molecule has 192 valence electrons. The van der Waals surface area contributed by atoms with Crippen LogP contribution in [0.15, 0.2) is 60.7 Å². The molecule has 2 atom stereocenters. The number of rotatable bonds is 8. The number of ether oxygens (including phenoxy) is 1. The van der Waals surface area contributed by atoms with Crippen molar-refractivity contribution in [3.8, 4) is 16.9 Å². The topological polar surface area (TPSA) is 89.7 Å². The molecule has 0 bridgehead atoms. The van der Waals surface area contributed by atoms with Gasteiger partial charge in [-0.3, -0.25) is 14.4 Å². The van der Waals surface area contributed by atoms with Crippen LogP contribution >= 0.6 is 11.6 Å². The van der Waals surface area contributed by atoms with Crippen LogP contribution in [0.25, 0.3) is 11.1 Å². The van der Waals surface area contributed by atoms with Gasteiger partial charge in [0, 0.05) is 34.6 Å². The number of likely N-dealkylation sites (tertiary alicyclic amines) is 1. The fourth-order valence-electron chi connectivity index (χ4n) is 4.57. The summed E-state index contributed by atoms with van der Waals surface area (Å²) in [6, 6.07) is 14.9. The number of nitrogens with zero attached hydrogens (tertiary/aromatic N) is 1. The number of primary amides is 1. The van der Waals surface area contributed by atoms with E-state index >= 15 is 4.39 Å². The highest BCUT2D eigenvalue weighted by atomic mass is 35.5. The fourth-order valence-corrected chi connectivity index (χ4v) is 4.81. The lowest BCUT2D eigenvalue weighted by Crippen LogP contribution is -2.42. The Morgan fingerprint density at radius 1 is 1.05 bits per heavy atom. The van der Waals surface area contributed by atoms with E-state index in [2.05, 4.69) is 0 Å². The highest BCUT2D eigenvalue weighted by molar-refractivity contribution is 6.33. The van der Waals surface area contributed by atoms with E-state index in [-0.39, 0.29) is 42.5 Å². The fraction of sp³-hybridized carbons (Fsp3) is 0.250. The number of hydrogen-bond acceptors (Lipinski definition) is 4. The molecule has 3 aromatic rings. The number of benzene rings is 3. The first-order chi connectivity index (χ1) is 17.7. The van der Waals surface area contributed by atoms with Crippen LogP contribution in [0.2, 0.25) is 5.02 Å². The maximum absolute atomic E-state index is 15.4. The van der Waals surface area contributed by atoms with Crippen molar-refractivity contribution in [2.75, 3.05) is 13.7 Å². The molecule has 0 radical (unpaired) electrons. The van der Waals surface area contributed by atoms with Crippen molar-refractivity contribution in [2.45, 2.75) is 31.5 Å². The molecule has 4 rings (SSSR count). The van der Waals surface area contributed by atoms with Crippen molar-refractivity contribution in [3.05, 3.63) is 88.2 Å². The summed E-state index contributed by atoms with van der Waals surface area (Å²) in [5.74, 6) is -1.90. The van der Waals surface area contributed by atoms with Crippen molar-refractivity contribution in [2.24, 2.45) is 5.73 Å². The minimum Gasteiger partial charge on any atom is -0.497 e. The normalized spacial score (nSPS) is 17.0. The zero-order valence-electron chi connectivity index (χ0n) is 20.0. The predicted octanol–water partition coefficient (Wildman–Crippen LogP) is 4.55. The molecule has 2 amide bonds. The minimum absolute atomic E-state index is 0.135. The number of methoxy groups -OCH3 is 1. The SMILES string of the molecule is COc1cc(CC(=O)N2C[C@H](F)C[C@H]2C(=O)Cc2cccc(-c3ccccc3Cl)c2F)cc(C(N)=O)c1. The van der Waals surface area contributed by atoms with Crippen LogP contribution in [0, 0.1) is 5.82 Å². The molecular weight excluding hydrogens is 502 g/mol. The first-order valence-corrected chi connectivity index (χ1v) is 12.0. The summed E-state index contributed by atoms with van der Waals surface area (Å²) in [4.78, 5) is 39.1. The number of Topliss-reactive ketones (excluding diaryl/α,β-unsaturated/α-hetero) is 1. The van der Waals surface area contributed by atoms with Gasteiger partial charge >= 0.3 is 0 Å². The Kier molecular flexibility index (Phi) is 7.88. The third kappa shape index (κ3) is 5.80. The van der Waals surface area contributed by atoms with Crippen LogP contribution in [-0.2, 0) is 22.4 Å². The summed E-state index contributed by atoms with van der Waals surface area (Å²) in [6.45, 7) is -0.246. The summed E-state index contributed by atoms with van der Waals surface area (Å²) < 4.78 is 34.9. The number of ketones is 1. The maximum atomic E-state index is 15.4. The molecule has 3 aromatic carbocycles. The van der Waals surface area contributed by atoms with Crippen LogP contribution in [0.4, 0.5) is 8.78 Å². The largest absolute Gasteiger partial charge is 0.497 e. The Labute approximate surface area is 218 Å². The van der Waals surface area contributed by atoms with Gasteiger partial charge in [0.2, 0.25) is 11.8 Å². The zero-order valence-corrected chi connectivity index (χ0v) is 20.8. The maximum Gasteiger partial charge on any atom is 0.248 e. The second kappa shape index (κ2) is 11.1. The van der Waals surface area contributed by atoms with E-state index in [9.17, 15) is 18.8 Å². The monoisotopic (exact) mass is 526 g/mol. The van der Waals surface area contributed by atoms with Crippen LogP contribution in [0.5, 0.6) is 5.75 Å². The standard InChI is InChI=1S/C28H25ClF2N2O4/c1-37-20-10-16(9-18(12-20)28(32)36)11-26(35)33-15-19(30)14-24(33)25(34)13-17-5-4-7-22(27(17)31)21-6-2-3-8-23(21)29/h2-10,12,19,24H,11,13-15H2,1H3,(H2,32,36)/t19-,24+/m1/s1. The van der Waals surface area contributed by atoms with Crippen LogP contribution in [0.3, 0.4) is 0 Å². The molecule has 1 fully saturated rings. The number of alkyl halides is 1. The molecule has 1 heterocycles. The molecule has 2 N–H and O–H groups in total. The molecular formula is C28H25ClF2N2O4. The summed E-state index contributed by atoms with van der Waals surface area (Å²) in [5.41, 5.74) is 6.83. The average Bonchev–Trinajstić information content (AvgIpc) is 3.27. The molecule has 0 saturated carbocycles. The highest BCUT2D eigenvalue weighted by Gasteiger charge is 2.39. The minimum atomic E-state index is -1.39. The quantitative estimate of drug-likeness (QED) is 0.466. The molecule has 0 unspecified atom stereocenters. The first-order valence-electron chi connectivity index (χ1n) is 11.6. The number of carbonyl (C=O) groups is 3. The molecule has 1 saturated heterocycles. The first kappa shape index (κ1) is 26.3. The van der Waals surface area contributed by atoms with E-state index in [1.807, 2.05) is 0 Å². The summed E-state index contributed by atoms with van der Waals surface area (Å²) in [7, 11) is 1.41. The number of hydrogen-bond donors (Lipinski definition) is 1. The Hall–Kier alpha value is -3.78. The van der Waals surface area contributed by atoms with Gasteiger partial charge in [0.1, 0.15) is 17.7 Å². The van der Waals surface area contributed by atoms with Crippen molar-refractivity contribution in [3.63, 3.8) is 0 Å². The third-order valence-corrected chi connectivity index (χ3v) is 6.72. The van der Waals surface area contributed by atoms with E-state index in [1.54, 1.807) is 42.5 Å². The third-order valence-electron chi connectivity index (χ3n) is 6.39. The Balaban J connectivity index is 1.54. The molecule has 9 heteroatoms. The van der Waals surface area contributed by atoms with Gasteiger partial charge in [-0.2, -0.15) is 0 Å². The van der Waals surface area contributed by atoms with Crippen LogP contribution in [-0.4, -0.2) is 48.4 Å². The summed E-state index contributed by atoms with van der Waals surface area (Å²) >= 11 is 6.22. The number of nitrogens with two attached hydrogens (primary N) is 1. The van der Waals surface area contributed by atoms with Gasteiger partial charge in [0.25, 0.3) is 0 Å². The zero-order chi connectivity index (χ0) is 26.7. The van der Waals surface area contributed by atoms with E-state index < -0.39 is 35.6 Å². The number of amides is 2. The van der Waals surface area contributed by atoms with Crippen molar-refractivity contribution < 1.29 is 27.9 Å². The lowest BCUT2D eigenvalue weighted by molar-refractivity contribution is -0.136. The average molecular weight is 527 g/mol. The van der Waals surface area contributed by atoms with Gasteiger partial charge in [0.05, 0.1) is 26.1 Å². The molecule has 0 aromatic heterocycles. The predicted molar refractivity (Wildman–Crippen MR) is 136 cm³/mol. The molecule has 37 heavy (non-hydrogen) atoms. The number of halogens is 3. The molecule has 1 aliphatic rings. The molecule has 1 aliphatic heterocycles. The van der Waals surface area contributed by atoms with Gasteiger partial charge < -0.3 is 15.4 Å². The molecule has 6 nitrogen and oxygen atoms in total. The van der Waals surface area contributed by atoms with E-state index in [0.29, 0.717) is 21.9 Å². The van der Waals surface area contributed by atoms with E-state index in [1.165, 1.54) is 30.2 Å². The van der Waals surface area contributed by atoms with E-state index in [0.717, 1.165) is 0 Å². The second-order valence-electron chi connectivity index (χ2n) is 8.91. The second-order valence-corrected chi connectivity index (χ2v) is 9.31. The van der Waals surface area contributed by atoms with Gasteiger partial charge in [-0.1, -0.05) is 48.0 Å². The van der Waals surface area contributed by atoms with Crippen molar-refractivity contribution in [1.29, 1.82) is 0 Å². The Morgan fingerprint density at radius 2 is 1.78 bits per heavy atom. The lowest BCUT2D eigenvalue weighted by atomic mass is 9.96. The van der Waals surface area contributed by atoms with Crippen molar-refractivity contribution >= 4 is 29.2 Å². The molecule has 0 spiro atoms. The Bertz CT molecular complexity index is 1360. The summed E-state index contributed by atoms with van der Waals surface area (Å²) in [6.07, 6.45) is -2.05. The van der Waals surface area contributed by atoms with Crippen molar-refractivity contribution in [1.82, 2.24) is 4.90 Å². The van der Waals surface area contributed by atoms with Gasteiger partial charge in [0.15, 0.2) is 5.78 Å². The van der Waals surface area contributed by atoms with Crippen LogP contribution < -0.4 is 10.5 Å². The Morgan fingerprint density at radius 3 is 2.49 bits per heavy atom. The summed E-state index contributed by atoms with van der Waals surface area (Å²) in [5, 5.41) is 0.370. The highest BCUT2D eigenvalue weighted by Crippen LogP contribution is 2.32. The van der Waals surface area contributed by atoms with Gasteiger partial charge in [-0.15, -0.1) is 0 Å². The van der Waals surface area contributed by atoms with E-state index in [4.69, 9.17) is 22.1 Å². The molecule has 0 aliphatic carbocycles.